The molecule has 0 radical (unpaired) electrons. The van der Waals surface area contributed by atoms with Crippen LogP contribution in [0.1, 0.15) is 25.0 Å². The summed E-state index contributed by atoms with van der Waals surface area (Å²) in [5.41, 5.74) is 1.93. The van der Waals surface area contributed by atoms with Gasteiger partial charge in [-0.3, -0.25) is 0 Å². The van der Waals surface area contributed by atoms with Gasteiger partial charge < -0.3 is 15.4 Å². The van der Waals surface area contributed by atoms with Crippen molar-refractivity contribution < 1.29 is 13.2 Å². The first kappa shape index (κ1) is 20.7. The van der Waals surface area contributed by atoms with Crippen LogP contribution in [0.25, 0.3) is 0 Å². The minimum atomic E-state index is -3.68. The predicted octanol–water partition coefficient (Wildman–Crippen LogP) is 1.99. The number of nitrogens with zero attached hydrogens (tertiary/aromatic N) is 1. The minimum Gasteiger partial charge on any atom is -0.494 e. The highest BCUT2D eigenvalue weighted by molar-refractivity contribution is 7.89. The third-order valence-electron chi connectivity index (χ3n) is 3.73. The van der Waals surface area contributed by atoms with Gasteiger partial charge in [-0.15, -0.1) is 0 Å². The summed E-state index contributed by atoms with van der Waals surface area (Å²) in [4.78, 5) is 4.63. The molecular formula is C19H26N4O3S. The molecule has 8 heteroatoms. The zero-order valence-electron chi connectivity index (χ0n) is 15.6. The normalized spacial score (nSPS) is 11.9. The highest BCUT2D eigenvalue weighted by Gasteiger charge is 2.07. The second kappa shape index (κ2) is 9.94. The molecule has 4 N–H and O–H groups in total. The molecule has 0 unspecified atom stereocenters. The van der Waals surface area contributed by atoms with Crippen molar-refractivity contribution in [1.29, 1.82) is 0 Å². The molecule has 7 nitrogen and oxygen atoms in total. The number of nitrogens with two attached hydrogens (primary N) is 1. The first-order chi connectivity index (χ1) is 12.9. The van der Waals surface area contributed by atoms with Crippen molar-refractivity contribution in [3.05, 3.63) is 59.7 Å². The van der Waals surface area contributed by atoms with Gasteiger partial charge in [0.1, 0.15) is 5.75 Å². The molecule has 0 saturated heterocycles. The van der Waals surface area contributed by atoms with Crippen molar-refractivity contribution in [2.45, 2.75) is 31.8 Å². The lowest BCUT2D eigenvalue weighted by atomic mass is 10.2. The second-order valence-corrected chi connectivity index (χ2v) is 7.34. The zero-order chi connectivity index (χ0) is 19.7. The summed E-state index contributed by atoms with van der Waals surface area (Å²) < 4.78 is 28.3. The lowest BCUT2D eigenvalue weighted by Crippen LogP contribution is -2.36. The fraction of sp³-hybridized carbons (Fsp3) is 0.316. The molecule has 0 aliphatic heterocycles. The second-order valence-electron chi connectivity index (χ2n) is 5.78. The van der Waals surface area contributed by atoms with E-state index >= 15 is 0 Å². The van der Waals surface area contributed by atoms with E-state index in [0.29, 0.717) is 25.7 Å². The van der Waals surface area contributed by atoms with Crippen LogP contribution in [0.5, 0.6) is 5.75 Å². The summed E-state index contributed by atoms with van der Waals surface area (Å²) in [6.45, 7) is 6.27. The minimum absolute atomic E-state index is 0.0905. The van der Waals surface area contributed by atoms with E-state index in [0.717, 1.165) is 23.4 Å². The third kappa shape index (κ3) is 6.58. The Balaban J connectivity index is 2.04. The van der Waals surface area contributed by atoms with E-state index in [9.17, 15) is 8.42 Å². The molecule has 2 aromatic rings. The average Bonchev–Trinajstić information content (AvgIpc) is 2.65. The van der Waals surface area contributed by atoms with Crippen molar-refractivity contribution in [2.24, 2.45) is 10.1 Å². The number of guanidine groups is 1. The standard InChI is InChI=1S/C19H26N4O3S/c1-3-21-19(23-14-16-7-5-6-8-18(16)26-4-2)22-13-15-9-11-17(12-10-15)27(20,24)25/h5-12H,3-4,13-14H2,1-2H3,(H2,20,24,25)(H2,21,22,23). The molecule has 0 amide bonds. The van der Waals surface area contributed by atoms with Gasteiger partial charge in [-0.05, 0) is 37.6 Å². The molecule has 0 fully saturated rings. The maximum atomic E-state index is 11.3. The molecule has 0 aliphatic rings. The van der Waals surface area contributed by atoms with E-state index in [1.165, 1.54) is 12.1 Å². The van der Waals surface area contributed by atoms with Crippen molar-refractivity contribution in [2.75, 3.05) is 13.2 Å². The Hall–Kier alpha value is -2.58. The lowest BCUT2D eigenvalue weighted by molar-refractivity contribution is 0.336. The third-order valence-corrected chi connectivity index (χ3v) is 4.66. The topological polar surface area (TPSA) is 106 Å². The van der Waals surface area contributed by atoms with Crippen molar-refractivity contribution >= 4 is 16.0 Å². The summed E-state index contributed by atoms with van der Waals surface area (Å²) >= 11 is 0. The van der Waals surface area contributed by atoms with Crippen LogP contribution < -0.4 is 20.5 Å². The molecule has 27 heavy (non-hydrogen) atoms. The average molecular weight is 391 g/mol. The van der Waals surface area contributed by atoms with E-state index in [2.05, 4.69) is 15.6 Å². The maximum Gasteiger partial charge on any atom is 0.238 e. The van der Waals surface area contributed by atoms with Gasteiger partial charge in [-0.1, -0.05) is 30.3 Å². The molecule has 0 heterocycles. The van der Waals surface area contributed by atoms with Crippen molar-refractivity contribution in [3.63, 3.8) is 0 Å². The van der Waals surface area contributed by atoms with Gasteiger partial charge in [0.25, 0.3) is 0 Å². The lowest BCUT2D eigenvalue weighted by Gasteiger charge is -2.14. The number of benzene rings is 2. The van der Waals surface area contributed by atoms with Crippen LogP contribution in [0, 0.1) is 0 Å². The van der Waals surface area contributed by atoms with Crippen LogP contribution in [0.2, 0.25) is 0 Å². The Morgan fingerprint density at radius 3 is 2.41 bits per heavy atom. The molecule has 0 spiro atoms. The molecule has 2 rings (SSSR count). The van der Waals surface area contributed by atoms with Crippen LogP contribution >= 0.6 is 0 Å². The summed E-state index contributed by atoms with van der Waals surface area (Å²) in [5.74, 6) is 1.52. The van der Waals surface area contributed by atoms with Crippen LogP contribution in [0.3, 0.4) is 0 Å². The fourth-order valence-corrected chi connectivity index (χ4v) is 2.94. The highest BCUT2D eigenvalue weighted by Crippen LogP contribution is 2.17. The van der Waals surface area contributed by atoms with Crippen LogP contribution in [-0.4, -0.2) is 27.5 Å². The van der Waals surface area contributed by atoms with Crippen LogP contribution in [-0.2, 0) is 23.1 Å². The number of nitrogens with one attached hydrogen (secondary N) is 2. The maximum absolute atomic E-state index is 11.3. The van der Waals surface area contributed by atoms with Crippen molar-refractivity contribution in [3.8, 4) is 5.75 Å². The zero-order valence-corrected chi connectivity index (χ0v) is 16.4. The molecule has 0 saturated carbocycles. The Morgan fingerprint density at radius 2 is 1.78 bits per heavy atom. The Kier molecular flexibility index (Phi) is 7.63. The van der Waals surface area contributed by atoms with Gasteiger partial charge >= 0.3 is 0 Å². The SMILES string of the molecule is CCNC(=NCc1ccc(S(N)(=O)=O)cc1)NCc1ccccc1OCC. The van der Waals surface area contributed by atoms with Gasteiger partial charge in [0.05, 0.1) is 18.0 Å². The number of aliphatic imine (C=N–C) groups is 1. The summed E-state index contributed by atoms with van der Waals surface area (Å²) in [6.07, 6.45) is 0. The van der Waals surface area contributed by atoms with Gasteiger partial charge in [0.15, 0.2) is 5.96 Å². The summed E-state index contributed by atoms with van der Waals surface area (Å²) in [7, 11) is -3.68. The number of sulfonamides is 1. The fourth-order valence-electron chi connectivity index (χ4n) is 2.42. The molecule has 0 aromatic heterocycles. The molecule has 0 atom stereocenters. The van der Waals surface area contributed by atoms with E-state index in [4.69, 9.17) is 9.88 Å². The van der Waals surface area contributed by atoms with Gasteiger partial charge in [-0.2, -0.15) is 0 Å². The monoisotopic (exact) mass is 390 g/mol. The largest absolute Gasteiger partial charge is 0.494 e. The number of rotatable bonds is 8. The van der Waals surface area contributed by atoms with E-state index < -0.39 is 10.0 Å². The Bertz CT molecular complexity index is 865. The molecule has 0 aliphatic carbocycles. The summed E-state index contributed by atoms with van der Waals surface area (Å²) in [5, 5.41) is 11.6. The molecular weight excluding hydrogens is 364 g/mol. The molecule has 146 valence electrons. The summed E-state index contributed by atoms with van der Waals surface area (Å²) in [6, 6.07) is 14.2. The van der Waals surface area contributed by atoms with Gasteiger partial charge in [0.2, 0.25) is 10.0 Å². The van der Waals surface area contributed by atoms with E-state index in [1.807, 2.05) is 38.1 Å². The highest BCUT2D eigenvalue weighted by atomic mass is 32.2. The number of para-hydroxylation sites is 1. The quantitative estimate of drug-likeness (QED) is 0.472. The number of hydrogen-bond donors (Lipinski definition) is 3. The first-order valence-corrected chi connectivity index (χ1v) is 10.3. The molecule has 0 bridgehead atoms. The van der Waals surface area contributed by atoms with Gasteiger partial charge in [-0.25, -0.2) is 18.5 Å². The van der Waals surface area contributed by atoms with Crippen LogP contribution in [0.15, 0.2) is 58.4 Å². The first-order valence-electron chi connectivity index (χ1n) is 8.78. The predicted molar refractivity (Wildman–Crippen MR) is 107 cm³/mol. The number of ether oxygens (including phenoxy) is 1. The number of hydrogen-bond acceptors (Lipinski definition) is 4. The van der Waals surface area contributed by atoms with Crippen molar-refractivity contribution in [1.82, 2.24) is 10.6 Å². The van der Waals surface area contributed by atoms with E-state index in [-0.39, 0.29) is 4.90 Å². The number of primary sulfonamides is 1. The smallest absolute Gasteiger partial charge is 0.238 e. The molecule has 2 aromatic carbocycles. The Morgan fingerprint density at radius 1 is 1.07 bits per heavy atom. The Labute approximate surface area is 160 Å². The van der Waals surface area contributed by atoms with Crippen LogP contribution in [0.4, 0.5) is 0 Å². The van der Waals surface area contributed by atoms with Gasteiger partial charge in [0, 0.05) is 18.7 Å². The van der Waals surface area contributed by atoms with E-state index in [1.54, 1.807) is 12.1 Å².